The quantitative estimate of drug-likeness (QED) is 0.570. The van der Waals surface area contributed by atoms with Gasteiger partial charge in [-0.25, -0.2) is 4.39 Å². The fourth-order valence-corrected chi connectivity index (χ4v) is 1.23. The smallest absolute Gasteiger partial charge is 0.258 e. The lowest BCUT2D eigenvalue weighted by Gasteiger charge is -2.01. The molecule has 70 valence electrons. The maximum absolute atomic E-state index is 12.2. The van der Waals surface area contributed by atoms with Gasteiger partial charge in [0.25, 0.3) is 5.69 Å². The molecule has 1 rings (SSSR count). The number of hydrogen-bond donors (Lipinski definition) is 0. The Morgan fingerprint density at radius 3 is 2.54 bits per heavy atom. The van der Waals surface area contributed by atoms with E-state index >= 15 is 0 Å². The highest BCUT2D eigenvalue weighted by molar-refractivity contribution is 6.42. The van der Waals surface area contributed by atoms with Gasteiger partial charge in [0.05, 0.1) is 15.0 Å². The van der Waals surface area contributed by atoms with Crippen LogP contribution in [0.25, 0.3) is 0 Å². The van der Waals surface area contributed by atoms with Gasteiger partial charge in [-0.15, -0.1) is 0 Å². The van der Waals surface area contributed by atoms with Crippen LogP contribution in [-0.2, 0) is 6.67 Å². The van der Waals surface area contributed by atoms with Crippen molar-refractivity contribution >= 4 is 28.9 Å². The fraction of sp³-hybridized carbons (Fsp3) is 0.143. The minimum atomic E-state index is -0.875. The topological polar surface area (TPSA) is 43.1 Å². The Kier molecular flexibility index (Phi) is 3.06. The number of non-ortho nitro benzene ring substituents is 1. The zero-order valence-electron chi connectivity index (χ0n) is 6.26. The predicted octanol–water partition coefficient (Wildman–Crippen LogP) is 3.37. The van der Waals surface area contributed by atoms with Crippen molar-refractivity contribution in [2.75, 3.05) is 0 Å². The van der Waals surface area contributed by atoms with Gasteiger partial charge in [-0.2, -0.15) is 0 Å². The Labute approximate surface area is 83.2 Å². The number of nitro benzene ring substituents is 1. The highest BCUT2D eigenvalue weighted by Crippen LogP contribution is 2.31. The van der Waals surface area contributed by atoms with Crippen LogP contribution < -0.4 is 0 Å². The number of rotatable bonds is 2. The summed E-state index contributed by atoms with van der Waals surface area (Å²) in [5, 5.41) is 10.3. The summed E-state index contributed by atoms with van der Waals surface area (Å²) in [6, 6.07) is 2.15. The minimum Gasteiger partial charge on any atom is -0.258 e. The zero-order chi connectivity index (χ0) is 10.0. The van der Waals surface area contributed by atoms with Crippen molar-refractivity contribution in [2.45, 2.75) is 6.67 Å². The summed E-state index contributed by atoms with van der Waals surface area (Å²) in [5.41, 5.74) is -0.233. The molecule has 0 aromatic heterocycles. The van der Waals surface area contributed by atoms with Crippen LogP contribution in [0.3, 0.4) is 0 Å². The molecule has 0 radical (unpaired) electrons. The van der Waals surface area contributed by atoms with Gasteiger partial charge < -0.3 is 0 Å². The average molecular weight is 224 g/mol. The Bertz CT molecular complexity index is 357. The summed E-state index contributed by atoms with van der Waals surface area (Å²) in [5.74, 6) is 0. The van der Waals surface area contributed by atoms with Crippen LogP contribution >= 0.6 is 23.2 Å². The molecule has 0 N–H and O–H groups in total. The molecule has 0 bridgehead atoms. The molecular formula is C7H4Cl2FNO2. The van der Waals surface area contributed by atoms with E-state index in [2.05, 4.69) is 0 Å². The molecule has 0 saturated carbocycles. The largest absolute Gasteiger partial charge is 0.271 e. The number of hydrogen-bond acceptors (Lipinski definition) is 2. The van der Waals surface area contributed by atoms with E-state index < -0.39 is 11.6 Å². The van der Waals surface area contributed by atoms with Crippen molar-refractivity contribution in [1.29, 1.82) is 0 Å². The normalized spacial score (nSPS) is 10.1. The van der Waals surface area contributed by atoms with Crippen LogP contribution in [0.15, 0.2) is 12.1 Å². The van der Waals surface area contributed by atoms with Crippen molar-refractivity contribution < 1.29 is 9.31 Å². The molecule has 0 aliphatic heterocycles. The van der Waals surface area contributed by atoms with E-state index in [9.17, 15) is 14.5 Å². The highest BCUT2D eigenvalue weighted by Gasteiger charge is 2.13. The maximum atomic E-state index is 12.2. The minimum absolute atomic E-state index is 0.0106. The van der Waals surface area contributed by atoms with E-state index in [-0.39, 0.29) is 21.3 Å². The van der Waals surface area contributed by atoms with Crippen LogP contribution in [0, 0.1) is 10.1 Å². The van der Waals surface area contributed by atoms with E-state index in [1.807, 2.05) is 0 Å². The van der Waals surface area contributed by atoms with Crippen LogP contribution in [0.4, 0.5) is 10.1 Å². The van der Waals surface area contributed by atoms with Gasteiger partial charge in [0, 0.05) is 17.7 Å². The Balaban J connectivity index is 3.30. The van der Waals surface area contributed by atoms with Crippen LogP contribution in [0.5, 0.6) is 0 Å². The van der Waals surface area contributed by atoms with Gasteiger partial charge in [-0.1, -0.05) is 23.2 Å². The second-order valence-corrected chi connectivity index (χ2v) is 3.08. The summed E-state index contributed by atoms with van der Waals surface area (Å²) < 4.78 is 12.2. The van der Waals surface area contributed by atoms with Gasteiger partial charge in [0.2, 0.25) is 0 Å². The molecule has 0 saturated heterocycles. The molecule has 1 aromatic rings. The fourth-order valence-electron chi connectivity index (χ4n) is 0.833. The molecule has 0 fully saturated rings. The molecule has 6 heteroatoms. The van der Waals surface area contributed by atoms with Gasteiger partial charge in [0.1, 0.15) is 6.67 Å². The molecule has 0 heterocycles. The molecule has 0 aliphatic rings. The number of nitrogens with zero attached hydrogens (tertiary/aromatic N) is 1. The third-order valence-electron chi connectivity index (χ3n) is 1.44. The molecular weight excluding hydrogens is 220 g/mol. The molecule has 0 unspecified atom stereocenters. The highest BCUT2D eigenvalue weighted by atomic mass is 35.5. The van der Waals surface area contributed by atoms with Crippen LogP contribution in [0.1, 0.15) is 5.56 Å². The number of alkyl halides is 1. The van der Waals surface area contributed by atoms with E-state index in [0.717, 1.165) is 12.1 Å². The third kappa shape index (κ3) is 2.08. The number of nitro groups is 1. The zero-order valence-corrected chi connectivity index (χ0v) is 7.77. The van der Waals surface area contributed by atoms with E-state index in [1.165, 1.54) is 0 Å². The van der Waals surface area contributed by atoms with Crippen molar-refractivity contribution in [3.05, 3.63) is 37.9 Å². The standard InChI is InChI=1S/C7H4Cl2FNO2/c8-6-2-5(11(12)13)1-4(3-10)7(6)9/h1-2H,3H2. The van der Waals surface area contributed by atoms with Gasteiger partial charge >= 0.3 is 0 Å². The predicted molar refractivity (Wildman–Crippen MR) is 47.9 cm³/mol. The molecule has 3 nitrogen and oxygen atoms in total. The molecule has 1 aromatic carbocycles. The van der Waals surface area contributed by atoms with Gasteiger partial charge in [-0.05, 0) is 0 Å². The Hall–Kier alpha value is -0.870. The summed E-state index contributed by atoms with van der Waals surface area (Å²) >= 11 is 11.1. The van der Waals surface area contributed by atoms with Crippen molar-refractivity contribution in [3.8, 4) is 0 Å². The van der Waals surface area contributed by atoms with Crippen LogP contribution in [0.2, 0.25) is 10.0 Å². The molecule has 0 spiro atoms. The summed E-state index contributed by atoms with van der Waals surface area (Å²) in [4.78, 5) is 9.66. The Morgan fingerprint density at radius 1 is 1.46 bits per heavy atom. The first-order chi connectivity index (χ1) is 6.06. The Morgan fingerprint density at radius 2 is 2.08 bits per heavy atom. The van der Waals surface area contributed by atoms with Crippen molar-refractivity contribution in [2.24, 2.45) is 0 Å². The monoisotopic (exact) mass is 223 g/mol. The van der Waals surface area contributed by atoms with Gasteiger partial charge in [0.15, 0.2) is 0 Å². The lowest BCUT2D eigenvalue weighted by molar-refractivity contribution is -0.384. The van der Waals surface area contributed by atoms with Gasteiger partial charge in [-0.3, -0.25) is 10.1 Å². The van der Waals surface area contributed by atoms with Crippen LogP contribution in [-0.4, -0.2) is 4.92 Å². The van der Waals surface area contributed by atoms with Crippen molar-refractivity contribution in [3.63, 3.8) is 0 Å². The first kappa shape index (κ1) is 10.2. The average Bonchev–Trinajstić information content (AvgIpc) is 2.09. The first-order valence-corrected chi connectivity index (χ1v) is 4.00. The number of halogens is 3. The SMILES string of the molecule is O=[N+]([O-])c1cc(Cl)c(Cl)c(CF)c1. The molecule has 0 amide bonds. The van der Waals surface area contributed by atoms with Crippen molar-refractivity contribution in [1.82, 2.24) is 0 Å². The first-order valence-electron chi connectivity index (χ1n) is 3.24. The van der Waals surface area contributed by atoms with E-state index in [4.69, 9.17) is 23.2 Å². The molecule has 0 aliphatic carbocycles. The summed E-state index contributed by atoms with van der Waals surface area (Å²) in [6.45, 7) is -0.875. The van der Waals surface area contributed by atoms with E-state index in [0.29, 0.717) is 0 Å². The summed E-state index contributed by atoms with van der Waals surface area (Å²) in [6.07, 6.45) is 0. The molecule has 13 heavy (non-hydrogen) atoms. The third-order valence-corrected chi connectivity index (χ3v) is 2.28. The summed E-state index contributed by atoms with van der Waals surface area (Å²) in [7, 11) is 0. The maximum Gasteiger partial charge on any atom is 0.271 e. The lowest BCUT2D eigenvalue weighted by atomic mass is 10.2. The second kappa shape index (κ2) is 3.89. The second-order valence-electron chi connectivity index (χ2n) is 2.29. The van der Waals surface area contributed by atoms with E-state index in [1.54, 1.807) is 0 Å². The lowest BCUT2D eigenvalue weighted by Crippen LogP contribution is -1.91. The number of benzene rings is 1. The molecule has 0 atom stereocenters.